The molecule has 41 heavy (non-hydrogen) atoms. The number of amides is 1. The van der Waals surface area contributed by atoms with Crippen LogP contribution in [0, 0.1) is 20.2 Å². The molecule has 3 heterocycles. The molecule has 0 aliphatic carbocycles. The molecule has 1 amide bonds. The molecular formula is C25H17N9O5S2. The van der Waals surface area contributed by atoms with Crippen LogP contribution in [-0.2, 0) is 11.3 Å². The Labute approximate surface area is 238 Å². The van der Waals surface area contributed by atoms with E-state index in [9.17, 15) is 25.0 Å². The first-order valence-electron chi connectivity index (χ1n) is 11.9. The molecule has 5 aromatic rings. The molecule has 1 atom stereocenters. The summed E-state index contributed by atoms with van der Waals surface area (Å²) < 4.78 is 1.71. The molecule has 0 radical (unpaired) electrons. The number of thioether (sulfide) groups is 1. The highest BCUT2D eigenvalue weighted by molar-refractivity contribution is 8.04. The molecule has 0 spiro atoms. The van der Waals surface area contributed by atoms with Gasteiger partial charge in [-0.2, -0.15) is 0 Å². The second-order valence-corrected chi connectivity index (χ2v) is 10.9. The molecule has 0 saturated carbocycles. The summed E-state index contributed by atoms with van der Waals surface area (Å²) in [5.41, 5.74) is 5.78. The first kappa shape index (κ1) is 26.0. The van der Waals surface area contributed by atoms with Gasteiger partial charge in [0.25, 0.3) is 17.3 Å². The molecule has 16 heteroatoms. The summed E-state index contributed by atoms with van der Waals surface area (Å²) in [6.07, 6.45) is 1.64. The molecule has 1 N–H and O–H groups in total. The lowest BCUT2D eigenvalue weighted by molar-refractivity contribution is -0.385. The Morgan fingerprint density at radius 1 is 0.902 bits per heavy atom. The van der Waals surface area contributed by atoms with E-state index in [1.54, 1.807) is 35.0 Å². The number of benzene rings is 3. The zero-order chi connectivity index (χ0) is 28.5. The van der Waals surface area contributed by atoms with Gasteiger partial charge in [0.15, 0.2) is 0 Å². The van der Waals surface area contributed by atoms with Crippen LogP contribution in [0.25, 0.3) is 17.1 Å². The maximum absolute atomic E-state index is 13.5. The molecule has 1 aliphatic heterocycles. The average molecular weight is 588 g/mol. The van der Waals surface area contributed by atoms with E-state index < -0.39 is 15.2 Å². The predicted molar refractivity (Wildman–Crippen MR) is 152 cm³/mol. The van der Waals surface area contributed by atoms with Crippen LogP contribution in [0.2, 0.25) is 0 Å². The predicted octanol–water partition coefficient (Wildman–Crippen LogP) is 4.79. The van der Waals surface area contributed by atoms with E-state index in [1.165, 1.54) is 52.4 Å². The lowest BCUT2D eigenvalue weighted by Crippen LogP contribution is -2.33. The number of nitrogens with zero attached hydrogens (tertiary/aromatic N) is 8. The third-order valence-corrected chi connectivity index (χ3v) is 8.15. The van der Waals surface area contributed by atoms with Crippen molar-refractivity contribution in [2.24, 2.45) is 0 Å². The zero-order valence-electron chi connectivity index (χ0n) is 20.7. The zero-order valence-corrected chi connectivity index (χ0v) is 22.4. The van der Waals surface area contributed by atoms with Gasteiger partial charge in [0.2, 0.25) is 5.13 Å². The van der Waals surface area contributed by atoms with Gasteiger partial charge in [0, 0.05) is 24.3 Å². The molecule has 2 aromatic heterocycles. The number of aromatic nitrogens is 5. The molecule has 1 aliphatic rings. The highest BCUT2D eigenvalue weighted by Crippen LogP contribution is 2.46. The van der Waals surface area contributed by atoms with Gasteiger partial charge in [-0.3, -0.25) is 30.4 Å². The number of hydrogen-bond acceptors (Lipinski definition) is 12. The van der Waals surface area contributed by atoms with Crippen LogP contribution in [0.4, 0.5) is 16.5 Å². The van der Waals surface area contributed by atoms with E-state index in [4.69, 9.17) is 0 Å². The van der Waals surface area contributed by atoms with Crippen LogP contribution in [0.1, 0.15) is 21.5 Å². The van der Waals surface area contributed by atoms with E-state index in [0.717, 1.165) is 11.0 Å². The van der Waals surface area contributed by atoms with Crippen molar-refractivity contribution in [1.29, 1.82) is 0 Å². The Bertz CT molecular complexity index is 1820. The number of nitro benzene ring substituents is 2. The van der Waals surface area contributed by atoms with Gasteiger partial charge in [-0.1, -0.05) is 40.4 Å². The van der Waals surface area contributed by atoms with Gasteiger partial charge in [0.05, 0.1) is 26.8 Å². The van der Waals surface area contributed by atoms with E-state index >= 15 is 0 Å². The summed E-state index contributed by atoms with van der Waals surface area (Å²) in [6.45, 7) is 0.333. The Hall–Kier alpha value is -5.22. The molecule has 14 nitrogen and oxygen atoms in total. The van der Waals surface area contributed by atoms with Crippen molar-refractivity contribution in [3.05, 3.63) is 114 Å². The number of carbonyl (C=O) groups is 1. The Morgan fingerprint density at radius 2 is 1.59 bits per heavy atom. The van der Waals surface area contributed by atoms with Crippen LogP contribution in [0.3, 0.4) is 0 Å². The fraction of sp³-hybridized carbons (Fsp3) is 0.0800. The Morgan fingerprint density at radius 3 is 2.29 bits per heavy atom. The average Bonchev–Trinajstić information content (AvgIpc) is 3.68. The Balaban J connectivity index is 1.27. The van der Waals surface area contributed by atoms with Crippen molar-refractivity contribution in [2.45, 2.75) is 11.9 Å². The van der Waals surface area contributed by atoms with Crippen molar-refractivity contribution in [3.63, 3.8) is 0 Å². The minimum Gasteiger partial charge on any atom is -0.267 e. The molecular weight excluding hydrogens is 570 g/mol. The fourth-order valence-electron chi connectivity index (χ4n) is 4.10. The van der Waals surface area contributed by atoms with Gasteiger partial charge < -0.3 is 0 Å². The van der Waals surface area contributed by atoms with Crippen molar-refractivity contribution in [1.82, 2.24) is 30.2 Å². The second kappa shape index (κ2) is 10.7. The highest BCUT2D eigenvalue weighted by atomic mass is 32.2. The van der Waals surface area contributed by atoms with Gasteiger partial charge in [-0.25, -0.2) is 9.69 Å². The molecule has 1 saturated heterocycles. The van der Waals surface area contributed by atoms with Gasteiger partial charge in [0.1, 0.15) is 15.9 Å². The normalized spacial score (nSPS) is 16.0. The molecule has 1 unspecified atom stereocenters. The Kier molecular flexibility index (Phi) is 6.82. The number of para-hydroxylation sites is 1. The second-order valence-electron chi connectivity index (χ2n) is 8.70. The van der Waals surface area contributed by atoms with Crippen LogP contribution in [0.15, 0.2) is 77.7 Å². The monoisotopic (exact) mass is 587 g/mol. The van der Waals surface area contributed by atoms with Crippen LogP contribution in [-0.4, -0.2) is 46.0 Å². The minimum absolute atomic E-state index is 0.0597. The number of hydrogen-bond donors (Lipinski definition) is 1. The number of nitro groups is 2. The van der Waals surface area contributed by atoms with E-state index in [2.05, 4.69) is 25.9 Å². The van der Waals surface area contributed by atoms with Crippen molar-refractivity contribution in [3.8, 4) is 0 Å². The summed E-state index contributed by atoms with van der Waals surface area (Å²) in [7, 11) is 0. The summed E-state index contributed by atoms with van der Waals surface area (Å²) in [5, 5.41) is 40.7. The van der Waals surface area contributed by atoms with Crippen molar-refractivity contribution in [2.75, 3.05) is 5.43 Å². The van der Waals surface area contributed by atoms with E-state index in [-0.39, 0.29) is 17.3 Å². The minimum atomic E-state index is -0.584. The topological polar surface area (TPSA) is 175 Å². The van der Waals surface area contributed by atoms with Gasteiger partial charge in [-0.15, -0.1) is 15.3 Å². The SMILES string of the molecule is O=C1/C(=C/c2ccc([N+](=O)[O-])cc2)SC(c2ccc([N+](=O)[O-])cc2)N1Nc1nnc(Cn2nnc3ccccc32)s1. The van der Waals surface area contributed by atoms with Crippen molar-refractivity contribution >= 4 is 62.6 Å². The molecule has 3 aromatic carbocycles. The quantitative estimate of drug-likeness (QED) is 0.150. The number of carbonyl (C=O) groups excluding carboxylic acids is 1. The molecule has 1 fully saturated rings. The van der Waals surface area contributed by atoms with E-state index in [1.807, 2.05) is 24.3 Å². The third-order valence-electron chi connectivity index (χ3n) is 6.08. The summed E-state index contributed by atoms with van der Waals surface area (Å²) in [6, 6.07) is 19.3. The highest BCUT2D eigenvalue weighted by Gasteiger charge is 2.38. The first-order valence-corrected chi connectivity index (χ1v) is 13.6. The van der Waals surface area contributed by atoms with Gasteiger partial charge in [-0.05, 0) is 53.6 Å². The number of nitrogens with one attached hydrogen (secondary N) is 1. The third kappa shape index (κ3) is 5.32. The summed E-state index contributed by atoms with van der Waals surface area (Å²) in [4.78, 5) is 35.1. The number of rotatable bonds is 8. The van der Waals surface area contributed by atoms with Crippen molar-refractivity contribution < 1.29 is 14.6 Å². The van der Waals surface area contributed by atoms with Crippen LogP contribution >= 0.6 is 23.1 Å². The lowest BCUT2D eigenvalue weighted by atomic mass is 10.2. The standard InChI is InChI=1S/C25H17N9O5S2/c35-23-21(13-15-5-9-17(10-6-15)33(36)37)40-24(16-7-11-18(12-8-16)34(38)39)32(23)29-25-28-27-22(41-25)14-31-20-4-2-1-3-19(20)26-30-31/h1-13,24H,14H2,(H,28,29)/b21-13-. The number of hydrazine groups is 1. The maximum Gasteiger partial charge on any atom is 0.280 e. The number of non-ortho nitro benzene ring substituents is 2. The molecule has 204 valence electrons. The fourth-order valence-corrected chi connectivity index (χ4v) is 6.01. The van der Waals surface area contributed by atoms with Gasteiger partial charge >= 0.3 is 0 Å². The molecule has 0 bridgehead atoms. The summed E-state index contributed by atoms with van der Waals surface area (Å²) in [5.74, 6) is -0.365. The largest absolute Gasteiger partial charge is 0.280 e. The summed E-state index contributed by atoms with van der Waals surface area (Å²) >= 11 is 2.48. The van der Waals surface area contributed by atoms with E-state index in [0.29, 0.717) is 32.7 Å². The van der Waals surface area contributed by atoms with Crippen LogP contribution < -0.4 is 5.43 Å². The maximum atomic E-state index is 13.5. The first-order chi connectivity index (χ1) is 19.9. The molecule has 6 rings (SSSR count). The number of anilines is 1. The van der Waals surface area contributed by atoms with Crippen LogP contribution in [0.5, 0.6) is 0 Å². The smallest absolute Gasteiger partial charge is 0.267 e. The lowest BCUT2D eigenvalue weighted by Gasteiger charge is -2.23. The number of fused-ring (bicyclic) bond motifs is 1.